The summed E-state index contributed by atoms with van der Waals surface area (Å²) < 4.78 is 20.0. The highest BCUT2D eigenvalue weighted by Gasteiger charge is 2.27. The molecule has 2 aliphatic rings. The normalized spacial score (nSPS) is 23.1. The minimum absolute atomic E-state index is 0.189. The molecule has 41 heavy (non-hydrogen) atoms. The number of fused-ring (bicyclic) bond motifs is 2. The maximum Gasteiger partial charge on any atom is 0.306 e. The maximum atomic E-state index is 11.3. The molecule has 0 aliphatic heterocycles. The van der Waals surface area contributed by atoms with Crippen LogP contribution in [-0.4, -0.2) is 35.6 Å². The van der Waals surface area contributed by atoms with Crippen LogP contribution in [0.5, 0.6) is 11.5 Å². The van der Waals surface area contributed by atoms with Gasteiger partial charge in [0.05, 0.1) is 19.1 Å². The molecule has 0 unspecified atom stereocenters. The molecular weight excluding hydrogens is 538 g/mol. The van der Waals surface area contributed by atoms with Gasteiger partial charge in [-0.2, -0.15) is 0 Å². The Kier molecular flexibility index (Phi) is 8.02. The summed E-state index contributed by atoms with van der Waals surface area (Å²) in [6.45, 7) is 5.32. The molecule has 0 amide bonds. The number of hydrogen-bond acceptors (Lipinski definition) is 7. The van der Waals surface area contributed by atoms with Crippen molar-refractivity contribution in [3.05, 3.63) is 41.5 Å². The lowest BCUT2D eigenvalue weighted by Gasteiger charge is -2.26. The van der Waals surface area contributed by atoms with Gasteiger partial charge >= 0.3 is 5.97 Å². The topological polar surface area (TPSA) is 98.9 Å². The minimum atomic E-state index is -0.690. The number of thiazole rings is 1. The summed E-state index contributed by atoms with van der Waals surface area (Å²) in [5.41, 5.74) is 3.95. The third-order valence-corrected chi connectivity index (χ3v) is 9.98. The molecule has 2 aliphatic carbocycles. The maximum absolute atomic E-state index is 11.3. The number of carboxylic acid groups (broad SMARTS) is 1. The highest BCUT2D eigenvalue weighted by molar-refractivity contribution is 7.22. The van der Waals surface area contributed by atoms with E-state index in [1.54, 1.807) is 11.3 Å². The Labute approximate surface area is 243 Å². The molecule has 2 aromatic carbocycles. The van der Waals surface area contributed by atoms with E-state index in [1.165, 1.54) is 5.56 Å². The van der Waals surface area contributed by atoms with Gasteiger partial charge in [0.25, 0.3) is 0 Å². The molecule has 0 spiro atoms. The summed E-state index contributed by atoms with van der Waals surface area (Å²) >= 11 is 1.55. The van der Waals surface area contributed by atoms with E-state index in [0.29, 0.717) is 43.6 Å². The van der Waals surface area contributed by atoms with Crippen molar-refractivity contribution < 1.29 is 28.6 Å². The molecule has 4 aromatic rings. The molecule has 216 valence electrons. The molecule has 2 saturated carbocycles. The zero-order valence-electron chi connectivity index (χ0n) is 23.7. The number of carboxylic acids is 1. The number of carbonyl (C=O) groups excluding carboxylic acids is 1. The van der Waals surface area contributed by atoms with Gasteiger partial charge in [-0.15, -0.1) is 11.3 Å². The van der Waals surface area contributed by atoms with Crippen molar-refractivity contribution in [2.45, 2.75) is 65.2 Å². The number of carbonyl (C=O) groups is 2. The molecule has 0 bridgehead atoms. The molecule has 1 N–H and O–H groups in total. The van der Waals surface area contributed by atoms with E-state index in [-0.39, 0.29) is 11.8 Å². The van der Waals surface area contributed by atoms with E-state index in [4.69, 9.17) is 18.9 Å². The summed E-state index contributed by atoms with van der Waals surface area (Å²) in [6, 6.07) is 10.2. The average molecular weight is 576 g/mol. The number of aliphatic carboxylic acids is 1. The smallest absolute Gasteiger partial charge is 0.306 e. The molecular formula is C33H37NO6S. The van der Waals surface area contributed by atoms with E-state index in [1.807, 2.05) is 12.1 Å². The lowest BCUT2D eigenvalue weighted by atomic mass is 9.82. The number of aryl methyl sites for hydroxylation is 2. The number of aldehydes is 1. The predicted octanol–water partition coefficient (Wildman–Crippen LogP) is 7.98. The first kappa shape index (κ1) is 27.8. The summed E-state index contributed by atoms with van der Waals surface area (Å²) in [6.07, 6.45) is 8.08. The Morgan fingerprint density at radius 3 is 2.32 bits per heavy atom. The Morgan fingerprint density at radius 1 is 0.976 bits per heavy atom. The highest BCUT2D eigenvalue weighted by atomic mass is 32.1. The Bertz CT molecular complexity index is 1550. The van der Waals surface area contributed by atoms with Crippen LogP contribution < -0.4 is 9.47 Å². The predicted molar refractivity (Wildman–Crippen MR) is 160 cm³/mol. The van der Waals surface area contributed by atoms with Crippen molar-refractivity contribution in [1.29, 1.82) is 0 Å². The first-order valence-electron chi connectivity index (χ1n) is 14.8. The van der Waals surface area contributed by atoms with Crippen molar-refractivity contribution in [3.63, 3.8) is 0 Å². The fourth-order valence-electron chi connectivity index (χ4n) is 6.37. The number of aromatic nitrogens is 1. The zero-order valence-corrected chi connectivity index (χ0v) is 24.5. The van der Waals surface area contributed by atoms with Crippen molar-refractivity contribution in [3.8, 4) is 22.3 Å². The quantitative estimate of drug-likeness (QED) is 0.202. The van der Waals surface area contributed by atoms with Crippen molar-refractivity contribution in [2.75, 3.05) is 13.2 Å². The Balaban J connectivity index is 1.26. The van der Waals surface area contributed by atoms with Gasteiger partial charge in [-0.05, 0) is 112 Å². The van der Waals surface area contributed by atoms with E-state index in [2.05, 4.69) is 32.0 Å². The van der Waals surface area contributed by atoms with Crippen LogP contribution in [0, 0.1) is 37.5 Å². The fourth-order valence-corrected chi connectivity index (χ4v) is 7.37. The summed E-state index contributed by atoms with van der Waals surface area (Å²) in [5, 5.41) is 11.2. The van der Waals surface area contributed by atoms with E-state index >= 15 is 0 Å². The second kappa shape index (κ2) is 11.8. The molecule has 8 heteroatoms. The van der Waals surface area contributed by atoms with Gasteiger partial charge in [-0.1, -0.05) is 6.07 Å². The third-order valence-electron chi connectivity index (χ3n) is 8.90. The molecule has 7 nitrogen and oxygen atoms in total. The van der Waals surface area contributed by atoms with Crippen LogP contribution in [0.4, 0.5) is 0 Å². The van der Waals surface area contributed by atoms with E-state index in [9.17, 15) is 14.7 Å². The van der Waals surface area contributed by atoms with E-state index in [0.717, 1.165) is 88.1 Å². The molecule has 0 atom stereocenters. The number of rotatable bonds is 9. The van der Waals surface area contributed by atoms with Gasteiger partial charge < -0.3 is 23.8 Å². The van der Waals surface area contributed by atoms with Gasteiger partial charge in [-0.25, -0.2) is 4.98 Å². The van der Waals surface area contributed by atoms with Gasteiger partial charge in [0.1, 0.15) is 33.6 Å². The lowest BCUT2D eigenvalue weighted by Crippen LogP contribution is -2.24. The fraction of sp³-hybridized carbons (Fsp3) is 0.485. The average Bonchev–Trinajstić information content (AvgIpc) is 3.61. The number of nitrogens with zero attached hydrogens (tertiary/aromatic N) is 1. The van der Waals surface area contributed by atoms with Gasteiger partial charge in [0.15, 0.2) is 10.8 Å². The molecule has 6 rings (SSSR count). The van der Waals surface area contributed by atoms with Crippen LogP contribution in [0.1, 0.15) is 62.5 Å². The first-order valence-corrected chi connectivity index (χ1v) is 15.6. The van der Waals surface area contributed by atoms with Crippen LogP contribution in [0.3, 0.4) is 0 Å². The number of furan rings is 1. The number of ether oxygens (including phenoxy) is 2. The largest absolute Gasteiger partial charge is 0.492 e. The van der Waals surface area contributed by atoms with Gasteiger partial charge in [-0.3, -0.25) is 4.79 Å². The van der Waals surface area contributed by atoms with Crippen LogP contribution >= 0.6 is 11.3 Å². The Morgan fingerprint density at radius 2 is 1.63 bits per heavy atom. The van der Waals surface area contributed by atoms with Gasteiger partial charge in [0.2, 0.25) is 0 Å². The van der Waals surface area contributed by atoms with Crippen LogP contribution in [-0.2, 0) is 9.59 Å². The van der Waals surface area contributed by atoms with Gasteiger partial charge in [0, 0.05) is 11.3 Å². The monoisotopic (exact) mass is 575 g/mol. The second-order valence-corrected chi connectivity index (χ2v) is 13.0. The standard InChI is InChI=1S/C33H37NO6S/c1-19-13-20(2)25-15-29(40-28(25)14-19)32-34-30-26(38-17-23-7-9-24(10-8-23)33(36)37)11-12-27(31(30)41-32)39-18-22-5-3-21(16-35)4-6-22/h11-16,21-24H,3-10,17-18H2,1-2H3,(H,36,37). The number of hydrogen-bond donors (Lipinski definition) is 1. The number of benzene rings is 2. The second-order valence-electron chi connectivity index (χ2n) is 12.0. The summed E-state index contributed by atoms with van der Waals surface area (Å²) in [7, 11) is 0. The highest BCUT2D eigenvalue weighted by Crippen LogP contribution is 2.43. The van der Waals surface area contributed by atoms with Crippen molar-refractivity contribution in [1.82, 2.24) is 4.98 Å². The lowest BCUT2D eigenvalue weighted by molar-refractivity contribution is -0.143. The zero-order chi connectivity index (χ0) is 28.5. The molecule has 2 aromatic heterocycles. The molecule has 0 saturated heterocycles. The SMILES string of the molecule is Cc1cc(C)c2cc(-c3nc4c(OCC5CCC(C(=O)O)CC5)ccc(OCC5CCC(C=O)CC5)c4s3)oc2c1. The van der Waals surface area contributed by atoms with E-state index < -0.39 is 5.97 Å². The molecule has 2 fully saturated rings. The van der Waals surface area contributed by atoms with Crippen LogP contribution in [0.2, 0.25) is 0 Å². The Hall–Kier alpha value is -3.39. The van der Waals surface area contributed by atoms with Crippen LogP contribution in [0.25, 0.3) is 32.0 Å². The summed E-state index contributed by atoms with van der Waals surface area (Å²) in [4.78, 5) is 27.5. The first-order chi connectivity index (χ1) is 19.9. The molecule has 2 heterocycles. The minimum Gasteiger partial charge on any atom is -0.492 e. The summed E-state index contributed by atoms with van der Waals surface area (Å²) in [5.74, 6) is 2.26. The third kappa shape index (κ3) is 5.98. The molecule has 0 radical (unpaired) electrons. The van der Waals surface area contributed by atoms with Crippen LogP contribution in [0.15, 0.2) is 34.7 Å². The van der Waals surface area contributed by atoms with Crippen molar-refractivity contribution >= 4 is 44.8 Å². The van der Waals surface area contributed by atoms with Crippen molar-refractivity contribution in [2.24, 2.45) is 23.7 Å².